The number of aromatic nitrogens is 4. The molecule has 35 heavy (non-hydrogen) atoms. The van der Waals surface area contributed by atoms with E-state index in [1.165, 1.54) is 12.4 Å². The molecule has 0 radical (unpaired) electrons. The zero-order valence-electron chi connectivity index (χ0n) is 19.2. The Morgan fingerprint density at radius 3 is 2.37 bits per heavy atom. The number of rotatable bonds is 7. The molecule has 0 saturated carbocycles. The molecule has 0 aliphatic heterocycles. The van der Waals surface area contributed by atoms with Crippen LogP contribution in [0, 0.1) is 0 Å². The molecule has 2 heterocycles. The van der Waals surface area contributed by atoms with Gasteiger partial charge in [0.2, 0.25) is 0 Å². The molecule has 0 fully saturated rings. The van der Waals surface area contributed by atoms with Crippen molar-refractivity contribution in [1.29, 1.82) is 0 Å². The summed E-state index contributed by atoms with van der Waals surface area (Å²) in [6.07, 6.45) is 4.38. The van der Waals surface area contributed by atoms with Gasteiger partial charge in [-0.25, -0.2) is 20.8 Å². The smallest absolute Gasteiger partial charge is 0.270 e. The van der Waals surface area contributed by atoms with Crippen molar-refractivity contribution in [3.05, 3.63) is 89.6 Å². The number of nitrogens with two attached hydrogens (primary N) is 1. The Balaban J connectivity index is 1.38. The lowest BCUT2D eigenvalue weighted by Crippen LogP contribution is -2.90. The quantitative estimate of drug-likeness (QED) is 0.134. The lowest BCUT2D eigenvalue weighted by Gasteiger charge is -2.09. The number of hydrogen-bond acceptors (Lipinski definition) is 7. The maximum Gasteiger partial charge on any atom is 0.270 e. The molecule has 2 aromatic heterocycles. The molecule has 0 aliphatic carbocycles. The largest absolute Gasteiger partial charge is 0.347 e. The number of amidine groups is 1. The Kier molecular flexibility index (Phi) is 7.28. The Morgan fingerprint density at radius 1 is 0.886 bits per heavy atom. The van der Waals surface area contributed by atoms with Crippen LogP contribution in [0.25, 0.3) is 11.0 Å². The Hall–Kier alpha value is -4.77. The second-order valence-electron chi connectivity index (χ2n) is 7.39. The highest BCUT2D eigenvalue weighted by atomic mass is 16.2. The van der Waals surface area contributed by atoms with Gasteiger partial charge in [0.1, 0.15) is 17.8 Å². The minimum absolute atomic E-state index is 0.138. The molecule has 11 heteroatoms. The van der Waals surface area contributed by atoms with Gasteiger partial charge in [0.25, 0.3) is 11.8 Å². The van der Waals surface area contributed by atoms with Crippen molar-refractivity contribution in [1.82, 2.24) is 30.7 Å². The maximum atomic E-state index is 12.7. The predicted octanol–water partition coefficient (Wildman–Crippen LogP) is 0.676. The van der Waals surface area contributed by atoms with Crippen LogP contribution in [0.3, 0.4) is 0 Å². The van der Waals surface area contributed by atoms with Crippen molar-refractivity contribution >= 4 is 34.5 Å². The molecule has 0 atom stereocenters. The van der Waals surface area contributed by atoms with Crippen LogP contribution >= 0.6 is 0 Å². The highest BCUT2D eigenvalue weighted by Crippen LogP contribution is 2.13. The molecule has 5 N–H and O–H groups in total. The normalized spacial score (nSPS) is 11.2. The molecule has 0 aliphatic rings. The molecule has 176 valence electrons. The molecule has 4 aromatic rings. The van der Waals surface area contributed by atoms with Crippen molar-refractivity contribution in [2.24, 2.45) is 4.99 Å². The third kappa shape index (κ3) is 5.78. The number of aliphatic imine (C=N–C) groups is 1. The number of nitrogens with one attached hydrogen (secondary N) is 3. The van der Waals surface area contributed by atoms with Crippen molar-refractivity contribution in [3.8, 4) is 0 Å². The number of quaternary nitrogens is 1. The Bertz CT molecular complexity index is 1390. The van der Waals surface area contributed by atoms with Gasteiger partial charge in [-0.05, 0) is 23.8 Å². The molecule has 2 aromatic carbocycles. The average Bonchev–Trinajstić information content (AvgIpc) is 2.90. The van der Waals surface area contributed by atoms with E-state index >= 15 is 0 Å². The lowest BCUT2D eigenvalue weighted by molar-refractivity contribution is -0.669. The Morgan fingerprint density at radius 2 is 1.63 bits per heavy atom. The van der Waals surface area contributed by atoms with E-state index in [0.29, 0.717) is 23.1 Å². The fourth-order valence-electron chi connectivity index (χ4n) is 3.31. The monoisotopic (exact) mass is 470 g/mol. The third-order valence-electron chi connectivity index (χ3n) is 5.06. The first kappa shape index (κ1) is 23.4. The van der Waals surface area contributed by atoms with Gasteiger partial charge < -0.3 is 10.6 Å². The van der Waals surface area contributed by atoms with Gasteiger partial charge in [-0.2, -0.15) is 0 Å². The second kappa shape index (κ2) is 10.9. The Labute approximate surface area is 201 Å². The number of anilines is 1. The summed E-state index contributed by atoms with van der Waals surface area (Å²) >= 11 is 0. The van der Waals surface area contributed by atoms with Gasteiger partial charge in [-0.3, -0.25) is 24.5 Å². The van der Waals surface area contributed by atoms with E-state index in [0.717, 1.165) is 17.0 Å². The van der Waals surface area contributed by atoms with E-state index in [1.54, 1.807) is 37.6 Å². The van der Waals surface area contributed by atoms with Crippen molar-refractivity contribution < 1.29 is 15.0 Å². The van der Waals surface area contributed by atoms with Crippen molar-refractivity contribution in [2.45, 2.75) is 6.54 Å². The zero-order chi connectivity index (χ0) is 24.6. The van der Waals surface area contributed by atoms with Crippen molar-refractivity contribution in [2.75, 3.05) is 19.4 Å². The van der Waals surface area contributed by atoms with Gasteiger partial charge >= 0.3 is 0 Å². The first-order chi connectivity index (χ1) is 17.1. The number of carbonyl (C=O) groups is 2. The molecule has 0 bridgehead atoms. The van der Waals surface area contributed by atoms with Crippen LogP contribution in [0.1, 0.15) is 32.0 Å². The summed E-state index contributed by atoms with van der Waals surface area (Å²) in [4.78, 5) is 45.9. The molecule has 0 saturated heterocycles. The van der Waals surface area contributed by atoms with Gasteiger partial charge in [0, 0.05) is 43.2 Å². The van der Waals surface area contributed by atoms with Crippen LogP contribution in [-0.4, -0.2) is 51.7 Å². The van der Waals surface area contributed by atoms with E-state index < -0.39 is 0 Å². The van der Waals surface area contributed by atoms with E-state index in [1.807, 2.05) is 36.7 Å². The van der Waals surface area contributed by atoms with Crippen LogP contribution in [-0.2, 0) is 6.54 Å². The van der Waals surface area contributed by atoms with E-state index in [9.17, 15) is 9.59 Å². The summed E-state index contributed by atoms with van der Waals surface area (Å²) in [6.45, 7) is 0.314. The first-order valence-electron chi connectivity index (χ1n) is 10.8. The van der Waals surface area contributed by atoms with Gasteiger partial charge in [0.15, 0.2) is 5.84 Å². The number of fused-ring (bicyclic) bond motifs is 1. The topological polar surface area (TPSA) is 151 Å². The zero-order valence-corrected chi connectivity index (χ0v) is 19.2. The van der Waals surface area contributed by atoms with Gasteiger partial charge in [-0.1, -0.05) is 24.3 Å². The van der Waals surface area contributed by atoms with Crippen LogP contribution in [0.4, 0.5) is 5.82 Å². The average molecular weight is 471 g/mol. The summed E-state index contributed by atoms with van der Waals surface area (Å²) in [7, 11) is 3.60. The minimum Gasteiger partial charge on any atom is -0.347 e. The van der Waals surface area contributed by atoms with Crippen molar-refractivity contribution in [3.63, 3.8) is 0 Å². The molecule has 2 amide bonds. The summed E-state index contributed by atoms with van der Waals surface area (Å²) in [6, 6.07) is 14.1. The number of amides is 2. The van der Waals surface area contributed by atoms with Gasteiger partial charge in [-0.15, -0.1) is 0 Å². The number of benzene rings is 2. The predicted molar refractivity (Wildman–Crippen MR) is 131 cm³/mol. The van der Waals surface area contributed by atoms with E-state index in [4.69, 9.17) is 0 Å². The van der Waals surface area contributed by atoms with Crippen LogP contribution in [0.2, 0.25) is 0 Å². The molecular formula is C24H24N9O2+. The minimum atomic E-state index is -0.383. The van der Waals surface area contributed by atoms with Crippen LogP contribution in [0.15, 0.2) is 72.2 Å². The van der Waals surface area contributed by atoms with Crippen LogP contribution < -0.4 is 21.5 Å². The fraction of sp³-hybridized carbons (Fsp3) is 0.125. The fourth-order valence-corrected chi connectivity index (χ4v) is 3.31. The highest BCUT2D eigenvalue weighted by Gasteiger charge is 2.13. The van der Waals surface area contributed by atoms with E-state index in [-0.39, 0.29) is 23.3 Å². The maximum absolute atomic E-state index is 12.7. The number of hydrogen-bond donors (Lipinski definition) is 4. The van der Waals surface area contributed by atoms with Gasteiger partial charge in [0.05, 0.1) is 18.1 Å². The summed E-state index contributed by atoms with van der Waals surface area (Å²) < 4.78 is 0. The van der Waals surface area contributed by atoms with Crippen LogP contribution in [0.5, 0.6) is 0 Å². The summed E-state index contributed by atoms with van der Waals surface area (Å²) in [5, 5.41) is 5.51. The molecule has 0 spiro atoms. The number of nitrogens with zero attached hydrogens (tertiary/aromatic N) is 5. The molecule has 4 rings (SSSR count). The lowest BCUT2D eigenvalue weighted by atomic mass is 10.1. The number of carbonyl (C=O) groups excluding carboxylic acids is 2. The first-order valence-corrected chi connectivity index (χ1v) is 10.8. The van der Waals surface area contributed by atoms with E-state index in [2.05, 4.69) is 41.0 Å². The molecular weight excluding hydrogens is 446 g/mol. The standard InChI is InChI=1S/C24H23N9O2/c1-25-22(33-26-2)16-5-3-15(4-6-16)13-29-24(35)20-12-21(31-14-30-20)32-23(34)17-7-8-18-19(11-17)28-10-9-27-18/h3-12,14,26H,13H2,1-2H3,(H,25,33)(H,29,35)(H,30,31,32,34)/p+1. The third-order valence-corrected chi connectivity index (χ3v) is 5.06. The SMILES string of the molecule is CN=C(N[NH2+]C)c1ccc(CNC(=O)c2cc(NC(=O)c3ccc4nccnc4c3)ncn2)cc1. The summed E-state index contributed by atoms with van der Waals surface area (Å²) in [5.74, 6) is 0.208. The second-order valence-corrected chi connectivity index (χ2v) is 7.39. The molecule has 0 unspecified atom stereocenters. The molecule has 11 nitrogen and oxygen atoms in total. The summed E-state index contributed by atoms with van der Waals surface area (Å²) in [5.41, 5.74) is 8.58. The highest BCUT2D eigenvalue weighted by molar-refractivity contribution is 6.05.